The zero-order chi connectivity index (χ0) is 33.3. The number of hydrogen-bond donors (Lipinski definition) is 1. The molecule has 0 bridgehead atoms. The van der Waals surface area contributed by atoms with E-state index in [4.69, 9.17) is 21.4 Å². The van der Waals surface area contributed by atoms with E-state index in [1.165, 1.54) is 16.4 Å². The van der Waals surface area contributed by atoms with Crippen LogP contribution in [0.3, 0.4) is 0 Å². The van der Waals surface area contributed by atoms with E-state index in [1.54, 1.807) is 46.5 Å². The van der Waals surface area contributed by atoms with Gasteiger partial charge in [0.2, 0.25) is 0 Å². The van der Waals surface area contributed by atoms with Gasteiger partial charge in [-0.1, -0.05) is 11.6 Å². The summed E-state index contributed by atoms with van der Waals surface area (Å²) in [6, 6.07) is 9.97. The number of amides is 1. The molecule has 0 unspecified atom stereocenters. The van der Waals surface area contributed by atoms with Crippen LogP contribution in [0.15, 0.2) is 61.2 Å². The summed E-state index contributed by atoms with van der Waals surface area (Å²) in [4.78, 5) is 25.0. The number of rotatable bonds is 7. The number of nitrogens with zero attached hydrogens (tertiary/aromatic N) is 7. The highest BCUT2D eigenvalue weighted by molar-refractivity contribution is 7.90. The number of anilines is 2. The second-order valence-corrected chi connectivity index (χ2v) is 14.5. The van der Waals surface area contributed by atoms with Gasteiger partial charge in [0.05, 0.1) is 17.6 Å². The number of carbonyl (C=O) groups excluding carboxylic acids is 1. The van der Waals surface area contributed by atoms with Crippen molar-refractivity contribution in [3.05, 3.63) is 72.0 Å². The topological polar surface area (TPSA) is 126 Å². The number of piperazine rings is 1. The summed E-state index contributed by atoms with van der Waals surface area (Å²) in [7, 11) is -3.96. The van der Waals surface area contributed by atoms with Crippen molar-refractivity contribution in [1.29, 1.82) is 0 Å². The van der Waals surface area contributed by atoms with Crippen molar-refractivity contribution in [2.45, 2.75) is 39.2 Å². The fourth-order valence-corrected chi connectivity index (χ4v) is 7.08. The van der Waals surface area contributed by atoms with Gasteiger partial charge in [-0.05, 0) is 70.0 Å². The van der Waals surface area contributed by atoms with E-state index < -0.39 is 21.6 Å². The molecule has 2 saturated heterocycles. The lowest BCUT2D eigenvalue weighted by Crippen LogP contribution is -2.50. The zero-order valence-corrected chi connectivity index (χ0v) is 27.9. The number of carbonyl (C=O) groups is 1. The van der Waals surface area contributed by atoms with Gasteiger partial charge in [0.25, 0.3) is 0 Å². The first-order valence-electron chi connectivity index (χ1n) is 15.3. The minimum absolute atomic E-state index is 0.0853. The number of pyridine rings is 2. The lowest BCUT2D eigenvalue weighted by molar-refractivity contribution is 0.0240. The van der Waals surface area contributed by atoms with Crippen LogP contribution in [0.25, 0.3) is 28.1 Å². The molecule has 2 aliphatic rings. The fourth-order valence-electron chi connectivity index (χ4n) is 5.56. The van der Waals surface area contributed by atoms with E-state index >= 15 is 4.39 Å². The summed E-state index contributed by atoms with van der Waals surface area (Å²) in [6.45, 7) is 8.50. The highest BCUT2D eigenvalue weighted by Crippen LogP contribution is 2.38. The SMILES string of the molecule is CC(C)(C)OC(=O)N1CCN(c2ccc(-n3cc(-c4cc(Cl)cc(NS(=O)(=O)N5CCCC5)c4F)c(-c4ccncc4)n3)cn2)CC1. The van der Waals surface area contributed by atoms with E-state index in [9.17, 15) is 13.2 Å². The molecule has 3 aromatic heterocycles. The lowest BCUT2D eigenvalue weighted by atomic mass is 10.0. The summed E-state index contributed by atoms with van der Waals surface area (Å²) in [5, 5.41) is 4.95. The van der Waals surface area contributed by atoms with Crippen LogP contribution in [0, 0.1) is 5.82 Å². The number of benzene rings is 1. The molecule has 0 atom stereocenters. The Labute approximate surface area is 278 Å². The molecule has 2 fully saturated rings. The van der Waals surface area contributed by atoms with Crippen molar-refractivity contribution in [3.63, 3.8) is 0 Å². The largest absolute Gasteiger partial charge is 0.444 e. The van der Waals surface area contributed by atoms with Crippen molar-refractivity contribution < 1.29 is 22.3 Å². The third kappa shape index (κ3) is 7.34. The van der Waals surface area contributed by atoms with Crippen LogP contribution >= 0.6 is 11.6 Å². The molecule has 0 spiro atoms. The van der Waals surface area contributed by atoms with Crippen molar-refractivity contribution in [3.8, 4) is 28.1 Å². The predicted molar refractivity (Wildman–Crippen MR) is 178 cm³/mol. The molecule has 0 saturated carbocycles. The third-order valence-electron chi connectivity index (χ3n) is 7.89. The van der Waals surface area contributed by atoms with Crippen LogP contribution < -0.4 is 9.62 Å². The van der Waals surface area contributed by atoms with Gasteiger partial charge in [0.1, 0.15) is 17.1 Å². The maximum absolute atomic E-state index is 16.2. The Morgan fingerprint density at radius 1 is 0.979 bits per heavy atom. The Balaban J connectivity index is 1.28. The second kappa shape index (κ2) is 13.1. The molecular weight excluding hydrogens is 647 g/mol. The first-order chi connectivity index (χ1) is 22.4. The number of aromatic nitrogens is 4. The van der Waals surface area contributed by atoms with Gasteiger partial charge in [-0.15, -0.1) is 0 Å². The minimum Gasteiger partial charge on any atom is -0.444 e. The molecule has 0 radical (unpaired) electrons. The smallest absolute Gasteiger partial charge is 0.410 e. The van der Waals surface area contributed by atoms with Crippen LogP contribution in [0.2, 0.25) is 5.02 Å². The van der Waals surface area contributed by atoms with Gasteiger partial charge in [-0.25, -0.2) is 18.9 Å². The summed E-state index contributed by atoms with van der Waals surface area (Å²) < 4.78 is 52.9. The van der Waals surface area contributed by atoms with Crippen LogP contribution in [-0.4, -0.2) is 88.3 Å². The van der Waals surface area contributed by atoms with E-state index in [0.29, 0.717) is 61.8 Å². The van der Waals surface area contributed by atoms with Gasteiger partial charge in [-0.3, -0.25) is 9.71 Å². The van der Waals surface area contributed by atoms with Crippen LogP contribution in [-0.2, 0) is 14.9 Å². The molecule has 1 aromatic carbocycles. The van der Waals surface area contributed by atoms with E-state index in [0.717, 1.165) is 18.7 Å². The maximum Gasteiger partial charge on any atom is 0.410 e. The highest BCUT2D eigenvalue weighted by atomic mass is 35.5. The second-order valence-electron chi connectivity index (χ2n) is 12.4. The van der Waals surface area contributed by atoms with Crippen molar-refractivity contribution in [1.82, 2.24) is 29.0 Å². The number of hydrogen-bond acceptors (Lipinski definition) is 8. The Morgan fingerprint density at radius 2 is 1.68 bits per heavy atom. The first-order valence-corrected chi connectivity index (χ1v) is 17.2. The summed E-state index contributed by atoms with van der Waals surface area (Å²) in [5.74, 6) is -0.0267. The molecule has 12 nitrogen and oxygen atoms in total. The number of ether oxygens (including phenoxy) is 1. The van der Waals surface area contributed by atoms with Gasteiger partial charge in [-0.2, -0.15) is 17.8 Å². The van der Waals surface area contributed by atoms with E-state index in [1.807, 2.05) is 32.9 Å². The van der Waals surface area contributed by atoms with Gasteiger partial charge in [0, 0.05) is 79.6 Å². The van der Waals surface area contributed by atoms with Gasteiger partial charge in [0.15, 0.2) is 5.82 Å². The Kier molecular flexibility index (Phi) is 9.09. The normalized spacial score (nSPS) is 16.0. The van der Waals surface area contributed by atoms with Gasteiger partial charge >= 0.3 is 16.3 Å². The molecule has 0 aliphatic carbocycles. The minimum atomic E-state index is -3.96. The fraction of sp³-hybridized carbons (Fsp3) is 0.375. The predicted octanol–water partition coefficient (Wildman–Crippen LogP) is 5.60. The molecular formula is C32H36ClFN8O4S. The maximum atomic E-state index is 16.2. The molecule has 5 heterocycles. The monoisotopic (exact) mass is 682 g/mol. The summed E-state index contributed by atoms with van der Waals surface area (Å²) in [6.07, 6.45) is 7.74. The molecule has 1 N–H and O–H groups in total. The quantitative estimate of drug-likeness (QED) is 0.267. The molecule has 4 aromatic rings. The Bertz CT molecular complexity index is 1850. The highest BCUT2D eigenvalue weighted by Gasteiger charge is 2.29. The molecule has 47 heavy (non-hydrogen) atoms. The average molecular weight is 683 g/mol. The standard InChI is InChI=1S/C32H36ClFN8O4S/c1-32(2,3)46-31(43)40-16-14-39(15-17-40)28-7-6-24(20-36-28)42-21-26(30(37-42)22-8-10-35-11-9-22)25-18-23(33)19-27(29(25)34)38-47(44,45)41-12-4-5-13-41/h6-11,18-21,38H,4-5,12-17H2,1-3H3. The van der Waals surface area contributed by atoms with E-state index in [-0.39, 0.29) is 22.4 Å². The van der Waals surface area contributed by atoms with Crippen LogP contribution in [0.4, 0.5) is 20.7 Å². The Hall–Kier alpha value is -4.27. The molecule has 15 heteroatoms. The van der Waals surface area contributed by atoms with Gasteiger partial charge < -0.3 is 14.5 Å². The first kappa shape index (κ1) is 32.7. The third-order valence-corrected chi connectivity index (χ3v) is 9.63. The molecule has 2 aliphatic heterocycles. The summed E-state index contributed by atoms with van der Waals surface area (Å²) >= 11 is 6.43. The number of nitrogens with one attached hydrogen (secondary N) is 1. The van der Waals surface area contributed by atoms with Crippen molar-refractivity contribution >= 4 is 39.4 Å². The molecule has 248 valence electrons. The lowest BCUT2D eigenvalue weighted by Gasteiger charge is -2.36. The van der Waals surface area contributed by atoms with Crippen molar-refractivity contribution in [2.75, 3.05) is 48.9 Å². The Morgan fingerprint density at radius 3 is 2.32 bits per heavy atom. The van der Waals surface area contributed by atoms with Crippen LogP contribution in [0.5, 0.6) is 0 Å². The average Bonchev–Trinajstić information content (AvgIpc) is 3.74. The van der Waals surface area contributed by atoms with E-state index in [2.05, 4.69) is 19.6 Å². The molecule has 1 amide bonds. The van der Waals surface area contributed by atoms with Crippen molar-refractivity contribution in [2.24, 2.45) is 0 Å². The number of halogens is 2. The zero-order valence-electron chi connectivity index (χ0n) is 26.4. The molecule has 6 rings (SSSR count). The summed E-state index contributed by atoms with van der Waals surface area (Å²) in [5.41, 5.74) is 1.44. The van der Waals surface area contributed by atoms with Crippen LogP contribution in [0.1, 0.15) is 33.6 Å².